The molecule has 0 aliphatic heterocycles. The molecule has 0 unspecified atom stereocenters. The average molecular weight is 400 g/mol. The third kappa shape index (κ3) is 1.64. The first-order valence-corrected chi connectivity index (χ1v) is 5.02. The van der Waals surface area contributed by atoms with Crippen molar-refractivity contribution >= 4 is 0 Å². The van der Waals surface area contributed by atoms with Gasteiger partial charge in [0.2, 0.25) is 0 Å². The number of halogens is 16. The van der Waals surface area contributed by atoms with Gasteiger partial charge in [0.05, 0.1) is 0 Å². The molecule has 16 heteroatoms. The normalized spacial score (nSPS) is 30.0. The molecule has 0 amide bonds. The third-order valence-corrected chi connectivity index (χ3v) is 3.23. The molecule has 1 saturated carbocycles. The third-order valence-electron chi connectivity index (χ3n) is 3.23. The first-order valence-electron chi connectivity index (χ1n) is 5.02. The molecule has 0 radical (unpaired) electrons. The molecule has 0 nitrogen and oxygen atoms in total. The van der Waals surface area contributed by atoms with Crippen LogP contribution in [0.2, 0.25) is 0 Å². The molecule has 0 spiro atoms. The van der Waals surface area contributed by atoms with Gasteiger partial charge in [-0.3, -0.25) is 0 Å². The van der Waals surface area contributed by atoms with Gasteiger partial charge in [0.1, 0.15) is 0 Å². The van der Waals surface area contributed by atoms with Crippen molar-refractivity contribution in [3.05, 3.63) is 0 Å². The van der Waals surface area contributed by atoms with E-state index in [0.29, 0.717) is 0 Å². The Hall–Kier alpha value is -1.12. The highest BCUT2D eigenvalue weighted by Gasteiger charge is 3.07. The molecular formula is C8F16. The molecule has 1 fully saturated rings. The van der Waals surface area contributed by atoms with Crippen molar-refractivity contribution in [3.63, 3.8) is 0 Å². The fraction of sp³-hybridized carbons (Fsp3) is 1.00. The van der Waals surface area contributed by atoms with E-state index in [2.05, 4.69) is 0 Å². The minimum Gasteiger partial charge on any atom is -0.223 e. The van der Waals surface area contributed by atoms with Gasteiger partial charge in [0, 0.05) is 0 Å². The van der Waals surface area contributed by atoms with Crippen molar-refractivity contribution in [1.29, 1.82) is 0 Å². The highest BCUT2D eigenvalue weighted by molar-refractivity contribution is 5.30. The van der Waals surface area contributed by atoms with Gasteiger partial charge in [-0.15, -0.1) is 0 Å². The first-order chi connectivity index (χ1) is 10.0. The molecule has 0 aromatic carbocycles. The van der Waals surface area contributed by atoms with Gasteiger partial charge in [-0.25, -0.2) is 4.39 Å². The maximum absolute atomic E-state index is 13.5. The summed E-state index contributed by atoms with van der Waals surface area (Å²) in [6.45, 7) is 0. The lowest BCUT2D eigenvalue weighted by Crippen LogP contribution is -2.88. The minimum absolute atomic E-state index is 7.84. The molecule has 0 saturated heterocycles. The summed E-state index contributed by atoms with van der Waals surface area (Å²) < 4.78 is 203. The van der Waals surface area contributed by atoms with E-state index >= 15 is 0 Å². The molecule has 0 aromatic heterocycles. The Morgan fingerprint density at radius 3 is 0.792 bits per heavy atom. The molecule has 1 aliphatic carbocycles. The van der Waals surface area contributed by atoms with E-state index in [1.165, 1.54) is 0 Å². The number of hydrogen-bond acceptors (Lipinski definition) is 0. The highest BCUT2D eigenvalue weighted by atomic mass is 19.4. The molecule has 1 rings (SSSR count). The van der Waals surface area contributed by atoms with E-state index in [0.717, 1.165) is 0 Å². The van der Waals surface area contributed by atoms with E-state index in [-0.39, 0.29) is 0 Å². The molecule has 0 bridgehead atoms. The largest absolute Gasteiger partial charge is 0.457 e. The summed E-state index contributed by atoms with van der Waals surface area (Å²) >= 11 is 0. The maximum Gasteiger partial charge on any atom is 0.457 e. The molecule has 24 heavy (non-hydrogen) atoms. The Balaban J connectivity index is 4.04. The zero-order valence-corrected chi connectivity index (χ0v) is 10.0. The fourth-order valence-electron chi connectivity index (χ4n) is 1.81. The lowest BCUT2D eigenvalue weighted by Gasteiger charge is -2.54. The van der Waals surface area contributed by atoms with Crippen LogP contribution in [0.1, 0.15) is 0 Å². The second-order valence-electron chi connectivity index (χ2n) is 4.60. The predicted octanol–water partition coefficient (Wildman–Crippen LogP) is 5.08. The van der Waals surface area contributed by atoms with Crippen molar-refractivity contribution in [3.8, 4) is 0 Å². The Morgan fingerprint density at radius 1 is 0.375 bits per heavy atom. The van der Waals surface area contributed by atoms with Crippen molar-refractivity contribution in [2.24, 2.45) is 0 Å². The van der Waals surface area contributed by atoms with Gasteiger partial charge in [-0.2, -0.15) is 65.9 Å². The SMILES string of the molecule is FC(F)(F)C(F)(F)C1(F)C(F)(F)C(F)(F)C(F)(F)C(F)(F)C1(F)F. The molecular weight excluding hydrogens is 400 g/mol. The van der Waals surface area contributed by atoms with Crippen LogP contribution in [0.5, 0.6) is 0 Å². The van der Waals surface area contributed by atoms with Crippen LogP contribution in [0.15, 0.2) is 0 Å². The van der Waals surface area contributed by atoms with Gasteiger partial charge in [-0.05, 0) is 0 Å². The maximum atomic E-state index is 13.5. The molecule has 0 atom stereocenters. The number of hydrogen-bond donors (Lipinski definition) is 0. The van der Waals surface area contributed by atoms with Crippen molar-refractivity contribution in [2.75, 3.05) is 0 Å². The average Bonchev–Trinajstić information content (AvgIpc) is 2.33. The zero-order chi connectivity index (χ0) is 20.0. The van der Waals surface area contributed by atoms with Crippen LogP contribution in [0, 0.1) is 0 Å². The molecule has 0 heterocycles. The Labute approximate surface area is 119 Å². The van der Waals surface area contributed by atoms with Crippen LogP contribution in [0.25, 0.3) is 0 Å². The summed E-state index contributed by atoms with van der Waals surface area (Å²) in [4.78, 5) is 0. The lowest BCUT2D eigenvalue weighted by atomic mass is 9.69. The Bertz CT molecular complexity index is 493. The van der Waals surface area contributed by atoms with E-state index in [4.69, 9.17) is 0 Å². The minimum atomic E-state index is -8.43. The van der Waals surface area contributed by atoms with Crippen LogP contribution in [-0.2, 0) is 0 Å². The lowest BCUT2D eigenvalue weighted by molar-refractivity contribution is -0.520. The Morgan fingerprint density at radius 2 is 0.583 bits per heavy atom. The number of rotatable bonds is 1. The summed E-state index contributed by atoms with van der Waals surface area (Å²) in [5, 5.41) is 0. The smallest absolute Gasteiger partial charge is 0.223 e. The quantitative estimate of drug-likeness (QED) is 0.539. The molecule has 0 aromatic rings. The van der Waals surface area contributed by atoms with Crippen LogP contribution >= 0.6 is 0 Å². The summed E-state index contributed by atoms with van der Waals surface area (Å²) in [5.74, 6) is -48.7. The van der Waals surface area contributed by atoms with E-state index in [9.17, 15) is 70.2 Å². The van der Waals surface area contributed by atoms with Crippen molar-refractivity contribution in [2.45, 2.75) is 47.4 Å². The van der Waals surface area contributed by atoms with Crippen LogP contribution in [0.4, 0.5) is 70.2 Å². The summed E-state index contributed by atoms with van der Waals surface area (Å²) in [7, 11) is 0. The van der Waals surface area contributed by atoms with Gasteiger partial charge in [-0.1, -0.05) is 0 Å². The summed E-state index contributed by atoms with van der Waals surface area (Å²) in [6, 6.07) is 0. The Kier molecular flexibility index (Phi) is 3.78. The standard InChI is InChI=1S/C8F16/c9-1(4(14,15)8(22,23)24)2(10,11)5(16,17)7(20,21)6(18,19)3(1,12)13. The van der Waals surface area contributed by atoms with E-state index in [1.54, 1.807) is 0 Å². The van der Waals surface area contributed by atoms with E-state index < -0.39 is 47.4 Å². The van der Waals surface area contributed by atoms with Gasteiger partial charge < -0.3 is 0 Å². The van der Waals surface area contributed by atoms with Crippen molar-refractivity contribution < 1.29 is 70.2 Å². The zero-order valence-electron chi connectivity index (χ0n) is 10.0. The summed E-state index contributed by atoms with van der Waals surface area (Å²) in [6.07, 6.45) is -7.84. The second kappa shape index (κ2) is 4.34. The van der Waals surface area contributed by atoms with Gasteiger partial charge in [0.25, 0.3) is 0 Å². The van der Waals surface area contributed by atoms with Crippen LogP contribution in [0.3, 0.4) is 0 Å². The van der Waals surface area contributed by atoms with Gasteiger partial charge >= 0.3 is 47.4 Å². The van der Waals surface area contributed by atoms with Crippen LogP contribution in [-0.4, -0.2) is 47.4 Å². The topological polar surface area (TPSA) is 0 Å². The van der Waals surface area contributed by atoms with Crippen molar-refractivity contribution in [1.82, 2.24) is 0 Å². The van der Waals surface area contributed by atoms with Crippen LogP contribution < -0.4 is 0 Å². The predicted molar refractivity (Wildman–Crippen MR) is 39.6 cm³/mol. The highest BCUT2D eigenvalue weighted by Crippen LogP contribution is 2.73. The first kappa shape index (κ1) is 20.9. The monoisotopic (exact) mass is 400 g/mol. The number of alkyl halides is 16. The van der Waals surface area contributed by atoms with E-state index in [1.807, 2.05) is 0 Å². The molecule has 0 N–H and O–H groups in total. The second-order valence-corrected chi connectivity index (χ2v) is 4.60. The van der Waals surface area contributed by atoms with Gasteiger partial charge in [0.15, 0.2) is 0 Å². The molecule has 144 valence electrons. The summed E-state index contributed by atoms with van der Waals surface area (Å²) in [5.41, 5.74) is -8.43. The molecule has 1 aliphatic rings. The fourth-order valence-corrected chi connectivity index (χ4v) is 1.81.